The molecular weight excluding hydrogens is 186 g/mol. The van der Waals surface area contributed by atoms with Crippen LogP contribution < -0.4 is 5.73 Å². The fourth-order valence-electron chi connectivity index (χ4n) is 1.49. The molecule has 0 radical (unpaired) electrons. The van der Waals surface area contributed by atoms with Gasteiger partial charge in [-0.25, -0.2) is 0 Å². The van der Waals surface area contributed by atoms with Crippen molar-refractivity contribution in [3.05, 3.63) is 35.9 Å². The lowest BCUT2D eigenvalue weighted by Crippen LogP contribution is -2.37. The average molecular weight is 207 g/mol. The summed E-state index contributed by atoms with van der Waals surface area (Å²) in [4.78, 5) is 0. The molecule has 0 heterocycles. The fraction of sp³-hybridized carbons (Fsp3) is 0.538. The van der Waals surface area contributed by atoms with E-state index in [0.29, 0.717) is 6.54 Å². The zero-order chi connectivity index (χ0) is 11.3. The molecule has 0 aliphatic carbocycles. The molecule has 2 nitrogen and oxygen atoms in total. The molecule has 0 spiro atoms. The summed E-state index contributed by atoms with van der Waals surface area (Å²) in [5, 5.41) is 0. The fourth-order valence-corrected chi connectivity index (χ4v) is 1.49. The van der Waals surface area contributed by atoms with Gasteiger partial charge in [0.25, 0.3) is 0 Å². The van der Waals surface area contributed by atoms with Crippen LogP contribution in [0.4, 0.5) is 0 Å². The molecule has 0 aliphatic heterocycles. The van der Waals surface area contributed by atoms with Crippen LogP contribution in [0.3, 0.4) is 0 Å². The Balaban J connectivity index is 2.67. The Morgan fingerprint density at radius 1 is 1.33 bits per heavy atom. The quantitative estimate of drug-likeness (QED) is 0.805. The van der Waals surface area contributed by atoms with Gasteiger partial charge in [0.1, 0.15) is 0 Å². The predicted molar refractivity (Wildman–Crippen MR) is 63.7 cm³/mol. The molecule has 2 atom stereocenters. The van der Waals surface area contributed by atoms with Gasteiger partial charge in [0, 0.05) is 6.54 Å². The summed E-state index contributed by atoms with van der Waals surface area (Å²) in [5.41, 5.74) is 6.71. The minimum Gasteiger partial charge on any atom is -0.366 e. The molecule has 84 valence electrons. The van der Waals surface area contributed by atoms with Crippen molar-refractivity contribution < 1.29 is 4.74 Å². The van der Waals surface area contributed by atoms with Crippen molar-refractivity contribution in [3.8, 4) is 0 Å². The molecule has 0 bridgehead atoms. The smallest absolute Gasteiger partial charge is 0.0804 e. The topological polar surface area (TPSA) is 35.2 Å². The summed E-state index contributed by atoms with van der Waals surface area (Å²) in [7, 11) is 0. The van der Waals surface area contributed by atoms with Crippen LogP contribution in [0, 0.1) is 0 Å². The summed E-state index contributed by atoms with van der Waals surface area (Å²) in [6.07, 6.45) is 1.03. The third-order valence-corrected chi connectivity index (χ3v) is 2.91. The molecule has 0 amide bonds. The first-order valence-electron chi connectivity index (χ1n) is 5.54. The van der Waals surface area contributed by atoms with Crippen LogP contribution in [0.25, 0.3) is 0 Å². The van der Waals surface area contributed by atoms with Crippen molar-refractivity contribution in [1.29, 1.82) is 0 Å². The Bertz CT molecular complexity index is 280. The SMILES string of the molecule is CCC(C)(CN)OC(C)c1ccccc1. The van der Waals surface area contributed by atoms with Gasteiger partial charge in [-0.05, 0) is 25.8 Å². The minimum atomic E-state index is -0.213. The Labute approximate surface area is 92.4 Å². The van der Waals surface area contributed by atoms with E-state index >= 15 is 0 Å². The van der Waals surface area contributed by atoms with Crippen LogP contribution in [0.1, 0.15) is 38.9 Å². The van der Waals surface area contributed by atoms with E-state index in [-0.39, 0.29) is 11.7 Å². The second-order valence-corrected chi connectivity index (χ2v) is 4.18. The summed E-state index contributed by atoms with van der Waals surface area (Å²) in [6, 6.07) is 10.2. The highest BCUT2D eigenvalue weighted by atomic mass is 16.5. The number of nitrogens with two attached hydrogens (primary N) is 1. The third kappa shape index (κ3) is 3.33. The van der Waals surface area contributed by atoms with Crippen LogP contribution in [0.15, 0.2) is 30.3 Å². The van der Waals surface area contributed by atoms with Crippen molar-refractivity contribution in [2.24, 2.45) is 5.73 Å². The van der Waals surface area contributed by atoms with E-state index in [1.165, 1.54) is 5.56 Å². The van der Waals surface area contributed by atoms with Gasteiger partial charge in [0.15, 0.2) is 0 Å². The Hall–Kier alpha value is -0.860. The van der Waals surface area contributed by atoms with Crippen molar-refractivity contribution in [1.82, 2.24) is 0 Å². The molecule has 0 fully saturated rings. The summed E-state index contributed by atoms with van der Waals surface area (Å²) in [6.45, 7) is 6.79. The molecule has 1 rings (SSSR count). The first-order valence-corrected chi connectivity index (χ1v) is 5.54. The molecule has 2 N–H and O–H groups in total. The summed E-state index contributed by atoms with van der Waals surface area (Å²) < 4.78 is 6.00. The van der Waals surface area contributed by atoms with Gasteiger partial charge < -0.3 is 10.5 Å². The molecule has 15 heavy (non-hydrogen) atoms. The standard InChI is InChI=1S/C13H21NO/c1-4-13(3,10-14)15-11(2)12-8-6-5-7-9-12/h5-9,11H,4,10,14H2,1-3H3. The largest absolute Gasteiger partial charge is 0.366 e. The first kappa shape index (κ1) is 12.2. The van der Waals surface area contributed by atoms with Crippen molar-refractivity contribution in [2.45, 2.75) is 38.9 Å². The number of hydrogen-bond donors (Lipinski definition) is 1. The Kier molecular flexibility index (Phi) is 4.30. The molecular formula is C13H21NO. The summed E-state index contributed by atoms with van der Waals surface area (Å²) >= 11 is 0. The lowest BCUT2D eigenvalue weighted by molar-refractivity contribution is -0.0734. The van der Waals surface area contributed by atoms with Crippen molar-refractivity contribution >= 4 is 0 Å². The van der Waals surface area contributed by atoms with Crippen LogP contribution in [0.5, 0.6) is 0 Å². The van der Waals surface area contributed by atoms with Gasteiger partial charge >= 0.3 is 0 Å². The highest BCUT2D eigenvalue weighted by Crippen LogP contribution is 2.25. The van der Waals surface area contributed by atoms with E-state index < -0.39 is 0 Å². The van der Waals surface area contributed by atoms with E-state index in [0.717, 1.165) is 6.42 Å². The zero-order valence-electron chi connectivity index (χ0n) is 9.86. The molecule has 2 unspecified atom stereocenters. The van der Waals surface area contributed by atoms with Crippen LogP contribution in [-0.2, 0) is 4.74 Å². The minimum absolute atomic E-state index is 0.0969. The van der Waals surface area contributed by atoms with Crippen LogP contribution in [0.2, 0.25) is 0 Å². The zero-order valence-corrected chi connectivity index (χ0v) is 9.86. The van der Waals surface area contributed by atoms with Gasteiger partial charge in [0.2, 0.25) is 0 Å². The average Bonchev–Trinajstić information content (AvgIpc) is 2.30. The third-order valence-electron chi connectivity index (χ3n) is 2.91. The van der Waals surface area contributed by atoms with Crippen molar-refractivity contribution in [3.63, 3.8) is 0 Å². The monoisotopic (exact) mass is 207 g/mol. The van der Waals surface area contributed by atoms with E-state index in [1.807, 2.05) is 18.2 Å². The molecule has 1 aromatic rings. The van der Waals surface area contributed by atoms with Gasteiger partial charge in [-0.1, -0.05) is 37.3 Å². The van der Waals surface area contributed by atoms with Crippen LogP contribution >= 0.6 is 0 Å². The highest BCUT2D eigenvalue weighted by Gasteiger charge is 2.23. The summed E-state index contributed by atoms with van der Waals surface area (Å²) in [5.74, 6) is 0. The predicted octanol–water partition coefficient (Wildman–Crippen LogP) is 2.89. The molecule has 2 heteroatoms. The van der Waals surface area contributed by atoms with E-state index in [4.69, 9.17) is 10.5 Å². The number of rotatable bonds is 5. The number of ether oxygens (including phenoxy) is 1. The van der Waals surface area contributed by atoms with Gasteiger partial charge in [-0.15, -0.1) is 0 Å². The molecule has 0 aromatic heterocycles. The maximum atomic E-state index is 6.00. The van der Waals surface area contributed by atoms with E-state index in [1.54, 1.807) is 0 Å². The second-order valence-electron chi connectivity index (χ2n) is 4.18. The highest BCUT2D eigenvalue weighted by molar-refractivity contribution is 5.17. The van der Waals surface area contributed by atoms with Gasteiger partial charge in [0.05, 0.1) is 11.7 Å². The Morgan fingerprint density at radius 3 is 2.40 bits per heavy atom. The van der Waals surface area contributed by atoms with Crippen LogP contribution in [-0.4, -0.2) is 12.1 Å². The maximum absolute atomic E-state index is 6.00. The van der Waals surface area contributed by atoms with Crippen molar-refractivity contribution in [2.75, 3.05) is 6.54 Å². The lowest BCUT2D eigenvalue weighted by atomic mass is 10.0. The maximum Gasteiger partial charge on any atom is 0.0804 e. The van der Waals surface area contributed by atoms with E-state index in [9.17, 15) is 0 Å². The molecule has 0 saturated heterocycles. The molecule has 0 saturated carbocycles. The van der Waals surface area contributed by atoms with Gasteiger partial charge in [-0.3, -0.25) is 0 Å². The normalized spacial score (nSPS) is 17.1. The first-order chi connectivity index (χ1) is 7.11. The lowest BCUT2D eigenvalue weighted by Gasteiger charge is -2.31. The number of hydrogen-bond acceptors (Lipinski definition) is 2. The molecule has 0 aliphatic rings. The number of benzene rings is 1. The van der Waals surface area contributed by atoms with Gasteiger partial charge in [-0.2, -0.15) is 0 Å². The molecule has 1 aromatic carbocycles. The Morgan fingerprint density at radius 2 is 1.93 bits per heavy atom. The van der Waals surface area contributed by atoms with E-state index in [2.05, 4.69) is 32.9 Å². The second kappa shape index (κ2) is 5.29.